The number of amides is 1. The smallest absolute Gasteiger partial charge is 0.238 e. The van der Waals surface area contributed by atoms with Crippen molar-refractivity contribution in [3.8, 4) is 0 Å². The van der Waals surface area contributed by atoms with Gasteiger partial charge in [-0.25, -0.2) is 0 Å². The number of carbonyl (C=O) groups excluding carboxylic acids is 1. The lowest BCUT2D eigenvalue weighted by Crippen LogP contribution is -2.51. The van der Waals surface area contributed by atoms with Crippen LogP contribution in [0.4, 0.5) is 5.69 Å². The van der Waals surface area contributed by atoms with Gasteiger partial charge in [-0.3, -0.25) is 14.6 Å². The third-order valence-electron chi connectivity index (χ3n) is 4.24. The molecule has 1 atom stereocenters. The van der Waals surface area contributed by atoms with Gasteiger partial charge >= 0.3 is 0 Å². The van der Waals surface area contributed by atoms with Crippen LogP contribution >= 0.6 is 23.2 Å². The first-order valence-corrected chi connectivity index (χ1v) is 8.09. The zero-order valence-corrected chi connectivity index (χ0v) is 13.3. The van der Waals surface area contributed by atoms with E-state index in [1.165, 1.54) is 19.4 Å². The lowest BCUT2D eigenvalue weighted by atomic mass is 10.1. The van der Waals surface area contributed by atoms with Crippen LogP contribution in [0.5, 0.6) is 0 Å². The lowest BCUT2D eigenvalue weighted by Gasteiger charge is -2.37. The molecular weight excluding hydrogens is 309 g/mol. The van der Waals surface area contributed by atoms with Crippen molar-refractivity contribution in [2.75, 3.05) is 38.0 Å². The Morgan fingerprint density at radius 1 is 1.29 bits per heavy atom. The van der Waals surface area contributed by atoms with E-state index in [9.17, 15) is 4.79 Å². The summed E-state index contributed by atoms with van der Waals surface area (Å²) in [5.41, 5.74) is 0.616. The first kappa shape index (κ1) is 15.1. The minimum Gasteiger partial charge on any atom is -0.324 e. The molecule has 2 fully saturated rings. The van der Waals surface area contributed by atoms with Crippen LogP contribution < -0.4 is 5.32 Å². The first-order valence-electron chi connectivity index (χ1n) is 7.33. The van der Waals surface area contributed by atoms with E-state index in [4.69, 9.17) is 23.2 Å². The third kappa shape index (κ3) is 3.69. The predicted octanol–water partition coefficient (Wildman–Crippen LogP) is 2.71. The second-order valence-electron chi connectivity index (χ2n) is 5.74. The summed E-state index contributed by atoms with van der Waals surface area (Å²) in [6.07, 6.45) is 2.53. The molecule has 2 aliphatic heterocycles. The topological polar surface area (TPSA) is 35.6 Å². The van der Waals surface area contributed by atoms with Crippen LogP contribution in [-0.4, -0.2) is 54.5 Å². The van der Waals surface area contributed by atoms with Crippen molar-refractivity contribution in [3.05, 3.63) is 28.2 Å². The molecule has 21 heavy (non-hydrogen) atoms. The van der Waals surface area contributed by atoms with Gasteiger partial charge in [-0.1, -0.05) is 23.2 Å². The second-order valence-corrected chi connectivity index (χ2v) is 6.58. The molecule has 1 unspecified atom stereocenters. The van der Waals surface area contributed by atoms with Crippen molar-refractivity contribution in [2.24, 2.45) is 0 Å². The van der Waals surface area contributed by atoms with Gasteiger partial charge in [0.2, 0.25) is 5.91 Å². The number of carbonyl (C=O) groups is 1. The highest BCUT2D eigenvalue weighted by Crippen LogP contribution is 2.25. The Hall–Kier alpha value is -0.810. The van der Waals surface area contributed by atoms with Gasteiger partial charge in [-0.15, -0.1) is 0 Å². The van der Waals surface area contributed by atoms with E-state index in [1.54, 1.807) is 18.2 Å². The third-order valence-corrected chi connectivity index (χ3v) is 4.79. The number of hydrogen-bond acceptors (Lipinski definition) is 3. The number of benzene rings is 1. The molecule has 6 heteroatoms. The Bertz CT molecular complexity index is 538. The maximum absolute atomic E-state index is 12.2. The van der Waals surface area contributed by atoms with Crippen LogP contribution in [0.1, 0.15) is 12.8 Å². The summed E-state index contributed by atoms with van der Waals surface area (Å²) in [4.78, 5) is 16.9. The first-order chi connectivity index (χ1) is 10.1. The molecule has 2 saturated heterocycles. The zero-order chi connectivity index (χ0) is 14.8. The molecule has 0 radical (unpaired) electrons. The number of rotatable bonds is 3. The van der Waals surface area contributed by atoms with E-state index < -0.39 is 0 Å². The van der Waals surface area contributed by atoms with Gasteiger partial charge in [-0.2, -0.15) is 0 Å². The molecule has 0 aromatic heterocycles. The average Bonchev–Trinajstić information content (AvgIpc) is 2.89. The highest BCUT2D eigenvalue weighted by molar-refractivity contribution is 6.36. The fraction of sp³-hybridized carbons (Fsp3) is 0.533. The summed E-state index contributed by atoms with van der Waals surface area (Å²) in [6.45, 7) is 4.65. The number of nitrogens with zero attached hydrogens (tertiary/aromatic N) is 2. The van der Waals surface area contributed by atoms with Gasteiger partial charge < -0.3 is 5.32 Å². The molecule has 3 rings (SSSR count). The minimum atomic E-state index is -0.0225. The molecule has 0 aliphatic carbocycles. The molecular formula is C15H19Cl2N3O. The fourth-order valence-corrected chi connectivity index (χ4v) is 3.64. The SMILES string of the molecule is O=C(CN1CCN2CCCC2C1)Nc1ccc(Cl)cc1Cl. The van der Waals surface area contributed by atoms with Crippen LogP contribution in [0.15, 0.2) is 18.2 Å². The van der Waals surface area contributed by atoms with Gasteiger partial charge in [0.05, 0.1) is 17.3 Å². The number of nitrogens with one attached hydrogen (secondary N) is 1. The molecule has 1 N–H and O–H groups in total. The van der Waals surface area contributed by atoms with E-state index in [1.807, 2.05) is 0 Å². The summed E-state index contributed by atoms with van der Waals surface area (Å²) in [5.74, 6) is -0.0225. The highest BCUT2D eigenvalue weighted by atomic mass is 35.5. The van der Waals surface area contributed by atoms with Crippen LogP contribution in [0, 0.1) is 0 Å². The second kappa shape index (κ2) is 6.53. The molecule has 0 saturated carbocycles. The van der Waals surface area contributed by atoms with Crippen molar-refractivity contribution in [2.45, 2.75) is 18.9 Å². The van der Waals surface area contributed by atoms with Crippen LogP contribution in [0.25, 0.3) is 0 Å². The molecule has 2 aliphatic rings. The molecule has 0 bridgehead atoms. The summed E-state index contributed by atoms with van der Waals surface area (Å²) in [6, 6.07) is 5.72. The molecule has 1 amide bonds. The maximum atomic E-state index is 12.2. The highest BCUT2D eigenvalue weighted by Gasteiger charge is 2.31. The predicted molar refractivity (Wildman–Crippen MR) is 86.1 cm³/mol. The quantitative estimate of drug-likeness (QED) is 0.927. The molecule has 1 aromatic carbocycles. The number of piperazine rings is 1. The van der Waals surface area contributed by atoms with E-state index in [0.717, 1.165) is 19.6 Å². The summed E-state index contributed by atoms with van der Waals surface area (Å²) in [7, 11) is 0. The van der Waals surface area contributed by atoms with Crippen LogP contribution in [0.3, 0.4) is 0 Å². The van der Waals surface area contributed by atoms with Crippen molar-refractivity contribution in [1.82, 2.24) is 9.80 Å². The summed E-state index contributed by atoms with van der Waals surface area (Å²) < 4.78 is 0. The fourth-order valence-electron chi connectivity index (χ4n) is 3.18. The Morgan fingerprint density at radius 3 is 2.95 bits per heavy atom. The molecule has 4 nitrogen and oxygen atoms in total. The van der Waals surface area contributed by atoms with Crippen LogP contribution in [-0.2, 0) is 4.79 Å². The van der Waals surface area contributed by atoms with Gasteiger partial charge in [0.25, 0.3) is 0 Å². The van der Waals surface area contributed by atoms with Crippen molar-refractivity contribution in [3.63, 3.8) is 0 Å². The number of anilines is 1. The standard InChI is InChI=1S/C15H19Cl2N3O/c16-11-3-4-14(13(17)8-11)18-15(21)10-19-6-7-20-5-1-2-12(20)9-19/h3-4,8,12H,1-2,5-7,9-10H2,(H,18,21). The van der Waals surface area contributed by atoms with Crippen molar-refractivity contribution >= 4 is 34.8 Å². The normalized spacial score (nSPS) is 23.0. The molecule has 1 aromatic rings. The lowest BCUT2D eigenvalue weighted by molar-refractivity contribution is -0.117. The molecule has 114 valence electrons. The number of hydrogen-bond donors (Lipinski definition) is 1. The Kier molecular flexibility index (Phi) is 4.69. The monoisotopic (exact) mass is 327 g/mol. The van der Waals surface area contributed by atoms with E-state index in [-0.39, 0.29) is 5.91 Å². The van der Waals surface area contributed by atoms with Crippen molar-refractivity contribution < 1.29 is 4.79 Å². The zero-order valence-electron chi connectivity index (χ0n) is 11.8. The maximum Gasteiger partial charge on any atom is 0.238 e. The van der Waals surface area contributed by atoms with Gasteiger partial charge in [0, 0.05) is 30.7 Å². The van der Waals surface area contributed by atoms with E-state index in [0.29, 0.717) is 28.3 Å². The molecule has 0 spiro atoms. The van der Waals surface area contributed by atoms with Gasteiger partial charge in [0.1, 0.15) is 0 Å². The minimum absolute atomic E-state index is 0.0225. The summed E-state index contributed by atoms with van der Waals surface area (Å²) >= 11 is 11.9. The number of halogens is 2. The molecule has 2 heterocycles. The van der Waals surface area contributed by atoms with Crippen molar-refractivity contribution in [1.29, 1.82) is 0 Å². The van der Waals surface area contributed by atoms with E-state index in [2.05, 4.69) is 15.1 Å². The Morgan fingerprint density at radius 2 is 2.14 bits per heavy atom. The average molecular weight is 328 g/mol. The summed E-state index contributed by atoms with van der Waals surface area (Å²) in [5, 5.41) is 3.89. The Balaban J connectivity index is 1.54. The number of fused-ring (bicyclic) bond motifs is 1. The van der Waals surface area contributed by atoms with Crippen LogP contribution in [0.2, 0.25) is 10.0 Å². The largest absolute Gasteiger partial charge is 0.324 e. The Labute approximate surface area is 135 Å². The van der Waals surface area contributed by atoms with Gasteiger partial charge in [0.15, 0.2) is 0 Å². The van der Waals surface area contributed by atoms with E-state index >= 15 is 0 Å². The van der Waals surface area contributed by atoms with Gasteiger partial charge in [-0.05, 0) is 37.6 Å².